The molecular weight excluding hydrogens is 484 g/mol. The fraction of sp³-hybridized carbons (Fsp3) is 0.379. The number of methoxy groups -OCH3 is 1. The van der Waals surface area contributed by atoms with Crippen molar-refractivity contribution in [1.29, 1.82) is 0 Å². The van der Waals surface area contributed by atoms with E-state index in [-0.39, 0.29) is 30.1 Å². The summed E-state index contributed by atoms with van der Waals surface area (Å²) in [5, 5.41) is 2.33. The second-order valence-electron chi connectivity index (χ2n) is 9.95. The van der Waals surface area contributed by atoms with Gasteiger partial charge in [-0.3, -0.25) is 24.5 Å². The molecule has 5 rings (SSSR count). The number of carbonyl (C=O) groups excluding carboxylic acids is 4. The molecule has 0 bridgehead atoms. The van der Waals surface area contributed by atoms with Gasteiger partial charge in [-0.15, -0.1) is 0 Å². The maximum atomic E-state index is 13.1. The first-order valence-electron chi connectivity index (χ1n) is 12.8. The highest BCUT2D eigenvalue weighted by molar-refractivity contribution is 6.05. The summed E-state index contributed by atoms with van der Waals surface area (Å²) in [5.74, 6) is 6.25. The number of ether oxygens (including phenoxy) is 1. The molecule has 2 saturated heterocycles. The molecule has 0 saturated carbocycles. The predicted molar refractivity (Wildman–Crippen MR) is 140 cm³/mol. The lowest BCUT2D eigenvalue weighted by Crippen LogP contribution is -2.52. The molecule has 3 aliphatic rings. The largest absolute Gasteiger partial charge is 0.495 e. The van der Waals surface area contributed by atoms with Crippen molar-refractivity contribution in [3.05, 3.63) is 58.7 Å². The van der Waals surface area contributed by atoms with Crippen LogP contribution in [0.1, 0.15) is 63.9 Å². The Morgan fingerprint density at radius 2 is 2.03 bits per heavy atom. The fourth-order valence-corrected chi connectivity index (χ4v) is 5.44. The van der Waals surface area contributed by atoms with Gasteiger partial charge in [-0.2, -0.15) is 0 Å². The molecule has 0 spiro atoms. The molecule has 38 heavy (non-hydrogen) atoms. The number of nitrogens with zero attached hydrogens (tertiary/aromatic N) is 2. The quantitative estimate of drug-likeness (QED) is 0.367. The minimum absolute atomic E-state index is 0.0473. The molecule has 3 N–H and O–H groups in total. The van der Waals surface area contributed by atoms with Crippen molar-refractivity contribution in [2.75, 3.05) is 25.9 Å². The summed E-state index contributed by atoms with van der Waals surface area (Å²) < 4.78 is 5.26. The molecule has 9 nitrogen and oxygen atoms in total. The Bertz CT molecular complexity index is 1370. The van der Waals surface area contributed by atoms with Crippen LogP contribution in [-0.4, -0.2) is 59.7 Å². The number of likely N-dealkylation sites (tertiary alicyclic amines) is 1. The van der Waals surface area contributed by atoms with E-state index in [9.17, 15) is 19.2 Å². The molecule has 196 valence electrons. The maximum Gasteiger partial charge on any atom is 0.255 e. The van der Waals surface area contributed by atoms with E-state index in [2.05, 4.69) is 17.2 Å². The van der Waals surface area contributed by atoms with Gasteiger partial charge in [-0.05, 0) is 61.1 Å². The zero-order valence-electron chi connectivity index (χ0n) is 21.3. The highest BCUT2D eigenvalue weighted by Gasteiger charge is 2.39. The molecular formula is C29H30N4O5. The van der Waals surface area contributed by atoms with Gasteiger partial charge in [0.05, 0.1) is 12.8 Å². The Balaban J connectivity index is 1.25. The zero-order chi connectivity index (χ0) is 26.8. The number of hydrogen-bond acceptors (Lipinski definition) is 6. The summed E-state index contributed by atoms with van der Waals surface area (Å²) in [4.78, 5) is 53.4. The number of anilines is 1. The van der Waals surface area contributed by atoms with Crippen LogP contribution in [0.5, 0.6) is 5.75 Å². The number of benzene rings is 2. The van der Waals surface area contributed by atoms with Crippen LogP contribution in [0.2, 0.25) is 0 Å². The van der Waals surface area contributed by atoms with Crippen molar-refractivity contribution < 1.29 is 23.9 Å². The van der Waals surface area contributed by atoms with Crippen LogP contribution < -0.4 is 15.8 Å². The Morgan fingerprint density at radius 3 is 2.82 bits per heavy atom. The number of rotatable bonds is 4. The first-order chi connectivity index (χ1) is 18.4. The van der Waals surface area contributed by atoms with Crippen molar-refractivity contribution in [3.63, 3.8) is 0 Å². The van der Waals surface area contributed by atoms with Gasteiger partial charge < -0.3 is 20.3 Å². The fourth-order valence-electron chi connectivity index (χ4n) is 5.44. The minimum Gasteiger partial charge on any atom is -0.495 e. The van der Waals surface area contributed by atoms with E-state index in [1.54, 1.807) is 30.3 Å². The lowest BCUT2D eigenvalue weighted by Gasteiger charge is -2.32. The lowest BCUT2D eigenvalue weighted by atomic mass is 9.94. The van der Waals surface area contributed by atoms with E-state index in [0.29, 0.717) is 55.0 Å². The number of piperidine rings is 2. The van der Waals surface area contributed by atoms with Crippen molar-refractivity contribution in [1.82, 2.24) is 15.1 Å². The van der Waals surface area contributed by atoms with E-state index >= 15 is 0 Å². The molecule has 3 aliphatic heterocycles. The summed E-state index contributed by atoms with van der Waals surface area (Å²) in [6, 6.07) is 9.87. The van der Waals surface area contributed by atoms with Gasteiger partial charge in [0, 0.05) is 49.2 Å². The van der Waals surface area contributed by atoms with E-state index < -0.39 is 11.9 Å². The first-order valence-corrected chi connectivity index (χ1v) is 12.8. The van der Waals surface area contributed by atoms with Gasteiger partial charge in [0.1, 0.15) is 11.8 Å². The number of nitrogen functional groups attached to an aromatic ring is 1. The van der Waals surface area contributed by atoms with E-state index in [4.69, 9.17) is 10.5 Å². The monoisotopic (exact) mass is 514 g/mol. The van der Waals surface area contributed by atoms with Gasteiger partial charge in [-0.25, -0.2) is 0 Å². The third-order valence-corrected chi connectivity index (χ3v) is 7.48. The molecule has 0 radical (unpaired) electrons. The molecule has 2 aromatic rings. The van der Waals surface area contributed by atoms with E-state index in [1.807, 2.05) is 11.0 Å². The van der Waals surface area contributed by atoms with Crippen molar-refractivity contribution in [2.45, 2.75) is 44.7 Å². The third kappa shape index (κ3) is 4.94. The van der Waals surface area contributed by atoms with Gasteiger partial charge in [0.25, 0.3) is 11.8 Å². The maximum absolute atomic E-state index is 13.1. The SMILES string of the molecule is COc1cc(C(=O)N2CCC[C@H](CC#Cc3cccc4c3CN(C3CCC(=O)NC3=O)C4=O)C2)ccc1N. The first kappa shape index (κ1) is 25.3. The Kier molecular flexibility index (Phi) is 7.05. The molecule has 9 heteroatoms. The molecule has 0 aromatic heterocycles. The van der Waals surface area contributed by atoms with Crippen LogP contribution >= 0.6 is 0 Å². The number of amides is 4. The Labute approximate surface area is 221 Å². The Hall–Kier alpha value is -4.32. The number of fused-ring (bicyclic) bond motifs is 1. The topological polar surface area (TPSA) is 122 Å². The number of carbonyl (C=O) groups is 4. The predicted octanol–water partition coefficient (Wildman–Crippen LogP) is 2.33. The highest BCUT2D eigenvalue weighted by atomic mass is 16.5. The summed E-state index contributed by atoms with van der Waals surface area (Å²) in [6.45, 7) is 1.61. The zero-order valence-corrected chi connectivity index (χ0v) is 21.3. The average molecular weight is 515 g/mol. The van der Waals surface area contributed by atoms with Crippen molar-refractivity contribution in [2.24, 2.45) is 5.92 Å². The smallest absolute Gasteiger partial charge is 0.255 e. The van der Waals surface area contributed by atoms with Gasteiger partial charge in [-0.1, -0.05) is 17.9 Å². The van der Waals surface area contributed by atoms with Crippen LogP contribution in [0.3, 0.4) is 0 Å². The summed E-state index contributed by atoms with van der Waals surface area (Å²) in [6.07, 6.45) is 3.06. The normalized spacial score (nSPS) is 20.9. The molecule has 2 fully saturated rings. The summed E-state index contributed by atoms with van der Waals surface area (Å²) in [5.41, 5.74) is 9.06. The number of hydrogen-bond donors (Lipinski definition) is 2. The van der Waals surface area contributed by atoms with Crippen LogP contribution in [0.4, 0.5) is 5.69 Å². The molecule has 2 atom stereocenters. The Morgan fingerprint density at radius 1 is 1.18 bits per heavy atom. The molecule has 0 aliphatic carbocycles. The van der Waals surface area contributed by atoms with Crippen LogP contribution in [0.25, 0.3) is 0 Å². The lowest BCUT2D eigenvalue weighted by molar-refractivity contribution is -0.136. The molecule has 2 aromatic carbocycles. The van der Waals surface area contributed by atoms with Gasteiger partial charge >= 0.3 is 0 Å². The van der Waals surface area contributed by atoms with Crippen molar-refractivity contribution in [3.8, 4) is 17.6 Å². The molecule has 1 unspecified atom stereocenters. The highest BCUT2D eigenvalue weighted by Crippen LogP contribution is 2.30. The molecule has 4 amide bonds. The summed E-state index contributed by atoms with van der Waals surface area (Å²) in [7, 11) is 1.53. The van der Waals surface area contributed by atoms with Gasteiger partial charge in [0.2, 0.25) is 11.8 Å². The van der Waals surface area contributed by atoms with E-state index in [1.165, 1.54) is 12.0 Å². The van der Waals surface area contributed by atoms with Gasteiger partial charge in [0.15, 0.2) is 0 Å². The second kappa shape index (κ2) is 10.6. The van der Waals surface area contributed by atoms with Crippen molar-refractivity contribution >= 4 is 29.3 Å². The standard InChI is InChI=1S/C29H30N4O5/c1-38-25-15-20(10-11-23(25)30)28(36)32-14-4-6-18(16-32)5-2-7-19-8-3-9-21-22(19)17-33(29(21)37)24-12-13-26(34)31-27(24)35/h3,8-11,15,18,24H,4-6,12-14,16-17,30H2,1H3,(H,31,34,35)/t18-,24?/m0/s1. The summed E-state index contributed by atoms with van der Waals surface area (Å²) >= 11 is 0. The van der Waals surface area contributed by atoms with Crippen LogP contribution in [0, 0.1) is 17.8 Å². The minimum atomic E-state index is -0.653. The third-order valence-electron chi connectivity index (χ3n) is 7.48. The molecule has 3 heterocycles. The average Bonchev–Trinajstić information content (AvgIpc) is 3.25. The van der Waals surface area contributed by atoms with Crippen LogP contribution in [-0.2, 0) is 16.1 Å². The number of nitrogens with one attached hydrogen (secondary N) is 1. The number of nitrogens with two attached hydrogens (primary N) is 1. The number of imide groups is 1. The second-order valence-corrected chi connectivity index (χ2v) is 9.95. The van der Waals surface area contributed by atoms with Crippen LogP contribution in [0.15, 0.2) is 36.4 Å². The van der Waals surface area contributed by atoms with E-state index in [0.717, 1.165) is 24.0 Å².